The summed E-state index contributed by atoms with van der Waals surface area (Å²) in [6, 6.07) is 8.23. The maximum Gasteiger partial charge on any atom is 0.159 e. The van der Waals surface area contributed by atoms with E-state index in [9.17, 15) is 5.11 Å². The number of aliphatic hydroxyl groups is 1. The second-order valence-electron chi connectivity index (χ2n) is 6.02. The second-order valence-corrected chi connectivity index (χ2v) is 6.02. The van der Waals surface area contributed by atoms with Gasteiger partial charge in [0, 0.05) is 30.1 Å². The maximum absolute atomic E-state index is 9.99. The fraction of sp³-hybridized carbons (Fsp3) is 0.444. The molecule has 0 spiro atoms. The van der Waals surface area contributed by atoms with Crippen LogP contribution in [0.3, 0.4) is 0 Å². The Hall–Kier alpha value is -1.82. The summed E-state index contributed by atoms with van der Waals surface area (Å²) in [6.07, 6.45) is 3.33. The second kappa shape index (κ2) is 7.17. The van der Waals surface area contributed by atoms with Crippen LogP contribution in [0, 0.1) is 6.92 Å². The van der Waals surface area contributed by atoms with Crippen LogP contribution in [0.15, 0.2) is 36.7 Å². The van der Waals surface area contributed by atoms with E-state index in [2.05, 4.69) is 40.8 Å². The zero-order chi connectivity index (χ0) is 16.2. The van der Waals surface area contributed by atoms with Gasteiger partial charge < -0.3 is 9.84 Å². The molecule has 5 heteroatoms. The summed E-state index contributed by atoms with van der Waals surface area (Å²) in [6.45, 7) is 6.72. The molecule has 2 aromatic rings. The van der Waals surface area contributed by atoms with Gasteiger partial charge >= 0.3 is 0 Å². The number of ether oxygens (including phenoxy) is 1. The van der Waals surface area contributed by atoms with Gasteiger partial charge in [-0.15, -0.1) is 0 Å². The van der Waals surface area contributed by atoms with E-state index in [4.69, 9.17) is 4.74 Å². The van der Waals surface area contributed by atoms with Crippen molar-refractivity contribution in [1.29, 1.82) is 0 Å². The minimum Gasteiger partial charge on any atom is -0.389 e. The van der Waals surface area contributed by atoms with Crippen molar-refractivity contribution >= 4 is 0 Å². The molecule has 0 saturated carbocycles. The summed E-state index contributed by atoms with van der Waals surface area (Å²) in [5.41, 5.74) is 3.27. The third-order valence-electron chi connectivity index (χ3n) is 4.26. The van der Waals surface area contributed by atoms with Crippen molar-refractivity contribution in [2.24, 2.45) is 0 Å². The van der Waals surface area contributed by atoms with Gasteiger partial charge in [-0.1, -0.05) is 30.7 Å². The Labute approximate surface area is 137 Å². The van der Waals surface area contributed by atoms with Crippen LogP contribution in [-0.2, 0) is 11.3 Å². The highest BCUT2D eigenvalue weighted by Gasteiger charge is 2.30. The van der Waals surface area contributed by atoms with Gasteiger partial charge in [-0.25, -0.2) is 9.97 Å². The average Bonchev–Trinajstić information content (AvgIpc) is 2.99. The topological polar surface area (TPSA) is 58.5 Å². The summed E-state index contributed by atoms with van der Waals surface area (Å²) >= 11 is 0. The van der Waals surface area contributed by atoms with Gasteiger partial charge in [-0.2, -0.15) is 0 Å². The largest absolute Gasteiger partial charge is 0.389 e. The molecule has 0 unspecified atom stereocenters. The van der Waals surface area contributed by atoms with E-state index >= 15 is 0 Å². The first kappa shape index (κ1) is 16.1. The number of aromatic nitrogens is 2. The van der Waals surface area contributed by atoms with Crippen molar-refractivity contribution in [2.45, 2.75) is 32.5 Å². The van der Waals surface area contributed by atoms with Crippen molar-refractivity contribution in [3.8, 4) is 11.4 Å². The molecule has 1 N–H and O–H groups in total. The van der Waals surface area contributed by atoms with Gasteiger partial charge in [-0.05, 0) is 19.5 Å². The predicted octanol–water partition coefficient (Wildman–Crippen LogP) is 2.03. The minimum absolute atomic E-state index is 0.0523. The van der Waals surface area contributed by atoms with Crippen molar-refractivity contribution in [3.05, 3.63) is 47.8 Å². The van der Waals surface area contributed by atoms with Gasteiger partial charge in [0.1, 0.15) is 0 Å². The fourth-order valence-electron chi connectivity index (χ4n) is 2.95. The van der Waals surface area contributed by atoms with Crippen molar-refractivity contribution < 1.29 is 9.84 Å². The Balaban J connectivity index is 1.71. The number of rotatable bonds is 5. The summed E-state index contributed by atoms with van der Waals surface area (Å²) in [5.74, 6) is 0.740. The van der Waals surface area contributed by atoms with Crippen LogP contribution < -0.4 is 0 Å². The summed E-state index contributed by atoms with van der Waals surface area (Å²) in [5, 5.41) is 9.99. The van der Waals surface area contributed by atoms with Crippen molar-refractivity contribution in [1.82, 2.24) is 14.9 Å². The first-order chi connectivity index (χ1) is 11.2. The van der Waals surface area contributed by atoms with Gasteiger partial charge in [0.25, 0.3) is 0 Å². The lowest BCUT2D eigenvalue weighted by atomic mass is 10.1. The molecule has 23 heavy (non-hydrogen) atoms. The predicted molar refractivity (Wildman–Crippen MR) is 88.9 cm³/mol. The number of aryl methyl sites for hydroxylation is 1. The minimum atomic E-state index is -0.414. The van der Waals surface area contributed by atoms with Gasteiger partial charge in [0.15, 0.2) is 5.82 Å². The highest BCUT2D eigenvalue weighted by Crippen LogP contribution is 2.18. The molecule has 1 aromatic heterocycles. The summed E-state index contributed by atoms with van der Waals surface area (Å²) < 4.78 is 5.36. The Morgan fingerprint density at radius 3 is 2.65 bits per heavy atom. The van der Waals surface area contributed by atoms with E-state index in [0.29, 0.717) is 13.2 Å². The highest BCUT2D eigenvalue weighted by molar-refractivity contribution is 5.55. The van der Waals surface area contributed by atoms with Crippen molar-refractivity contribution in [2.75, 3.05) is 19.8 Å². The Kier molecular flexibility index (Phi) is 5.00. The van der Waals surface area contributed by atoms with E-state index in [1.54, 1.807) is 0 Å². The van der Waals surface area contributed by atoms with E-state index in [0.717, 1.165) is 30.0 Å². The molecule has 122 valence electrons. The Morgan fingerprint density at radius 2 is 2.04 bits per heavy atom. The number of nitrogens with zero attached hydrogens (tertiary/aromatic N) is 3. The van der Waals surface area contributed by atoms with Crippen LogP contribution in [0.5, 0.6) is 0 Å². The molecule has 3 rings (SSSR count). The van der Waals surface area contributed by atoms with Crippen LogP contribution >= 0.6 is 0 Å². The number of benzene rings is 1. The molecular formula is C18H23N3O2. The first-order valence-electron chi connectivity index (χ1n) is 8.05. The zero-order valence-electron chi connectivity index (χ0n) is 13.6. The maximum atomic E-state index is 9.99. The van der Waals surface area contributed by atoms with E-state index in [-0.39, 0.29) is 6.04 Å². The molecule has 1 fully saturated rings. The quantitative estimate of drug-likeness (QED) is 0.915. The molecule has 1 aliphatic heterocycles. The number of aliphatic hydroxyl groups excluding tert-OH is 1. The van der Waals surface area contributed by atoms with Crippen LogP contribution in [0.2, 0.25) is 0 Å². The number of hydrogen-bond donors (Lipinski definition) is 1. The molecule has 0 bridgehead atoms. The lowest BCUT2D eigenvalue weighted by molar-refractivity contribution is 0.0807. The summed E-state index contributed by atoms with van der Waals surface area (Å²) in [7, 11) is 0. The zero-order valence-corrected chi connectivity index (χ0v) is 13.6. The molecular weight excluding hydrogens is 290 g/mol. The van der Waals surface area contributed by atoms with E-state index in [1.165, 1.54) is 5.56 Å². The fourth-order valence-corrected chi connectivity index (χ4v) is 2.95. The normalized spacial score (nSPS) is 21.0. The standard InChI is InChI=1S/C18H23N3O2/c1-3-21(16-11-23-12-17(16)22)10-14-8-19-18(20-9-14)15-6-4-5-13(2)7-15/h4-9,16-17,22H,3,10-12H2,1-2H3/t16-,17-/m0/s1. The van der Waals surface area contributed by atoms with Crippen LogP contribution in [0.4, 0.5) is 0 Å². The van der Waals surface area contributed by atoms with Gasteiger partial charge in [0.05, 0.1) is 25.4 Å². The molecule has 0 aliphatic carbocycles. The molecule has 0 radical (unpaired) electrons. The van der Waals surface area contributed by atoms with Crippen molar-refractivity contribution in [3.63, 3.8) is 0 Å². The number of likely N-dealkylation sites (N-methyl/N-ethyl adjacent to an activating group) is 1. The first-order valence-corrected chi connectivity index (χ1v) is 8.05. The third kappa shape index (κ3) is 3.75. The average molecular weight is 313 g/mol. The van der Waals surface area contributed by atoms with E-state index < -0.39 is 6.10 Å². The Morgan fingerprint density at radius 1 is 1.26 bits per heavy atom. The highest BCUT2D eigenvalue weighted by atomic mass is 16.5. The smallest absolute Gasteiger partial charge is 0.159 e. The van der Waals surface area contributed by atoms with Crippen LogP contribution in [0.25, 0.3) is 11.4 Å². The SMILES string of the molecule is CCN(Cc1cnc(-c2cccc(C)c2)nc1)[C@H]1COC[C@@H]1O. The molecule has 2 heterocycles. The monoisotopic (exact) mass is 313 g/mol. The molecule has 2 atom stereocenters. The lowest BCUT2D eigenvalue weighted by Crippen LogP contribution is -2.42. The molecule has 0 amide bonds. The van der Waals surface area contributed by atoms with Crippen LogP contribution in [-0.4, -0.2) is 51.9 Å². The van der Waals surface area contributed by atoms with E-state index in [1.807, 2.05) is 24.5 Å². The third-order valence-corrected chi connectivity index (χ3v) is 4.26. The molecule has 5 nitrogen and oxygen atoms in total. The lowest BCUT2D eigenvalue weighted by Gasteiger charge is -2.28. The Bertz CT molecular complexity index is 645. The van der Waals surface area contributed by atoms with Gasteiger partial charge in [-0.3, -0.25) is 4.90 Å². The molecule has 1 aromatic carbocycles. The molecule has 1 aliphatic rings. The van der Waals surface area contributed by atoms with Crippen LogP contribution in [0.1, 0.15) is 18.1 Å². The van der Waals surface area contributed by atoms with Gasteiger partial charge in [0.2, 0.25) is 0 Å². The number of hydrogen-bond acceptors (Lipinski definition) is 5. The molecule has 1 saturated heterocycles. The summed E-state index contributed by atoms with van der Waals surface area (Å²) in [4.78, 5) is 11.2.